The van der Waals surface area contributed by atoms with E-state index in [0.29, 0.717) is 30.8 Å². The van der Waals surface area contributed by atoms with Crippen LogP contribution in [0.15, 0.2) is 46.7 Å². The van der Waals surface area contributed by atoms with Crippen LogP contribution in [0.4, 0.5) is 10.8 Å². The number of benzene rings is 2. The van der Waals surface area contributed by atoms with Gasteiger partial charge in [-0.15, -0.1) is 11.3 Å². The van der Waals surface area contributed by atoms with Gasteiger partial charge in [-0.1, -0.05) is 11.6 Å². The average molecular weight is 551 g/mol. The van der Waals surface area contributed by atoms with Crippen LogP contribution >= 0.6 is 22.9 Å². The van der Waals surface area contributed by atoms with E-state index in [9.17, 15) is 13.2 Å². The van der Waals surface area contributed by atoms with Crippen LogP contribution in [0.1, 0.15) is 12.8 Å². The Balaban J connectivity index is 1.54. The standard InChI is InChI=1S/C24H27ClN4O5S2/c1-26-24-28-19(14-35-24)15-6-8-20(33-2)18(11-15)27-23(30)16-5-4-10-29(13-16)36(31,32)22-12-17(25)7-9-21(22)34-3/h6-9,11-12,14,16H,4-5,10,13H2,1-3H3,(H,26,28)(H,27,30)/t16-/m0/s1. The molecule has 1 amide bonds. The molecule has 0 aliphatic carbocycles. The van der Waals surface area contributed by atoms with E-state index in [2.05, 4.69) is 15.6 Å². The first kappa shape index (κ1) is 26.2. The van der Waals surface area contributed by atoms with Crippen molar-refractivity contribution < 1.29 is 22.7 Å². The second kappa shape index (κ2) is 11.0. The lowest BCUT2D eigenvalue weighted by Crippen LogP contribution is -2.43. The minimum absolute atomic E-state index is 0.0165. The largest absolute Gasteiger partial charge is 0.495 e. The lowest BCUT2D eigenvalue weighted by molar-refractivity contribution is -0.120. The first-order valence-corrected chi connectivity index (χ1v) is 13.9. The normalized spacial score (nSPS) is 16.4. The van der Waals surface area contributed by atoms with E-state index in [4.69, 9.17) is 21.1 Å². The summed E-state index contributed by atoms with van der Waals surface area (Å²) in [5.74, 6) is -0.115. The molecule has 1 aliphatic heterocycles. The number of hydrogen-bond donors (Lipinski definition) is 2. The Morgan fingerprint density at radius 2 is 1.92 bits per heavy atom. The third kappa shape index (κ3) is 5.44. The maximum Gasteiger partial charge on any atom is 0.246 e. The molecule has 0 unspecified atom stereocenters. The van der Waals surface area contributed by atoms with Crippen LogP contribution in [0.3, 0.4) is 0 Å². The maximum atomic E-state index is 13.4. The van der Waals surface area contributed by atoms with Crippen LogP contribution in [0.25, 0.3) is 11.3 Å². The minimum Gasteiger partial charge on any atom is -0.495 e. The molecule has 3 aromatic rings. The van der Waals surface area contributed by atoms with Gasteiger partial charge in [-0.05, 0) is 49.2 Å². The number of ether oxygens (including phenoxy) is 2. The highest BCUT2D eigenvalue weighted by atomic mass is 35.5. The number of rotatable bonds is 8. The van der Waals surface area contributed by atoms with Gasteiger partial charge in [-0.3, -0.25) is 4.79 Å². The SMILES string of the molecule is CNc1nc(-c2ccc(OC)c(NC(=O)[C@H]3CCCN(S(=O)(=O)c4cc(Cl)ccc4OC)C3)c2)cs1. The number of amides is 1. The zero-order valence-electron chi connectivity index (χ0n) is 20.1. The molecule has 1 saturated heterocycles. The molecule has 2 heterocycles. The quantitative estimate of drug-likeness (QED) is 0.423. The van der Waals surface area contributed by atoms with Crippen molar-refractivity contribution in [2.24, 2.45) is 5.92 Å². The summed E-state index contributed by atoms with van der Waals surface area (Å²) in [5, 5.41) is 8.94. The summed E-state index contributed by atoms with van der Waals surface area (Å²) < 4.78 is 38.8. The Morgan fingerprint density at radius 1 is 1.17 bits per heavy atom. The van der Waals surface area contributed by atoms with E-state index < -0.39 is 15.9 Å². The molecule has 0 radical (unpaired) electrons. The number of sulfonamides is 1. The fraction of sp³-hybridized carbons (Fsp3) is 0.333. The van der Waals surface area contributed by atoms with Gasteiger partial charge in [0.2, 0.25) is 15.9 Å². The molecule has 4 rings (SSSR count). The molecule has 0 saturated carbocycles. The van der Waals surface area contributed by atoms with Gasteiger partial charge >= 0.3 is 0 Å². The van der Waals surface area contributed by atoms with Crippen molar-refractivity contribution in [3.8, 4) is 22.8 Å². The molecule has 9 nitrogen and oxygen atoms in total. The van der Waals surface area contributed by atoms with E-state index in [1.165, 1.54) is 42.0 Å². The van der Waals surface area contributed by atoms with E-state index in [-0.39, 0.29) is 28.1 Å². The summed E-state index contributed by atoms with van der Waals surface area (Å²) in [6.45, 7) is 0.349. The Morgan fingerprint density at radius 3 is 2.61 bits per heavy atom. The molecule has 192 valence electrons. The van der Waals surface area contributed by atoms with E-state index in [0.717, 1.165) is 16.4 Å². The minimum atomic E-state index is -3.92. The van der Waals surface area contributed by atoms with Gasteiger partial charge in [0.15, 0.2) is 5.13 Å². The molecule has 1 atom stereocenters. The third-order valence-corrected chi connectivity index (χ3v) is 8.95. The Labute approximate surface area is 219 Å². The van der Waals surface area contributed by atoms with Crippen molar-refractivity contribution in [2.45, 2.75) is 17.7 Å². The summed E-state index contributed by atoms with van der Waals surface area (Å²) in [7, 11) is 0.820. The van der Waals surface area contributed by atoms with E-state index in [1.54, 1.807) is 25.2 Å². The van der Waals surface area contributed by atoms with E-state index in [1.807, 2.05) is 11.4 Å². The number of piperidine rings is 1. The zero-order valence-corrected chi connectivity index (χ0v) is 22.5. The fourth-order valence-electron chi connectivity index (χ4n) is 4.09. The van der Waals surface area contributed by atoms with Gasteiger partial charge in [0.05, 0.1) is 31.5 Å². The molecule has 12 heteroatoms. The molecule has 1 aliphatic rings. The zero-order chi connectivity index (χ0) is 25.9. The van der Waals surface area contributed by atoms with Crippen LogP contribution in [0.2, 0.25) is 5.02 Å². The van der Waals surface area contributed by atoms with Crippen LogP contribution < -0.4 is 20.1 Å². The van der Waals surface area contributed by atoms with Crippen molar-refractivity contribution in [3.05, 3.63) is 46.8 Å². The number of nitrogens with one attached hydrogen (secondary N) is 2. The summed E-state index contributed by atoms with van der Waals surface area (Å²) in [5.41, 5.74) is 2.09. The predicted octanol–water partition coefficient (Wildman–Crippen LogP) is 4.56. The van der Waals surface area contributed by atoms with E-state index >= 15 is 0 Å². The number of hydrogen-bond acceptors (Lipinski definition) is 8. The highest BCUT2D eigenvalue weighted by molar-refractivity contribution is 7.89. The number of carbonyl (C=O) groups is 1. The number of halogens is 1. The van der Waals surface area contributed by atoms with Crippen molar-refractivity contribution in [1.29, 1.82) is 0 Å². The highest BCUT2D eigenvalue weighted by Crippen LogP contribution is 2.34. The molecular formula is C24H27ClN4O5S2. The van der Waals surface area contributed by atoms with Crippen LogP contribution in [0.5, 0.6) is 11.5 Å². The second-order valence-corrected chi connectivity index (χ2v) is 11.4. The van der Waals surface area contributed by atoms with Crippen LogP contribution in [-0.2, 0) is 14.8 Å². The van der Waals surface area contributed by atoms with Gasteiger partial charge in [0.25, 0.3) is 0 Å². The Hall–Kier alpha value is -2.86. The lowest BCUT2D eigenvalue weighted by Gasteiger charge is -2.31. The van der Waals surface area contributed by atoms with Crippen molar-refractivity contribution in [3.63, 3.8) is 0 Å². The molecule has 1 fully saturated rings. The van der Waals surface area contributed by atoms with Crippen molar-refractivity contribution >= 4 is 49.7 Å². The first-order valence-electron chi connectivity index (χ1n) is 11.2. The second-order valence-electron chi connectivity index (χ2n) is 8.19. The van der Waals surface area contributed by atoms with Gasteiger partial charge in [0.1, 0.15) is 16.4 Å². The monoisotopic (exact) mass is 550 g/mol. The van der Waals surface area contributed by atoms with Crippen LogP contribution in [0, 0.1) is 5.92 Å². The Kier molecular flexibility index (Phi) is 8.04. The van der Waals surface area contributed by atoms with Crippen molar-refractivity contribution in [2.75, 3.05) is 45.0 Å². The third-order valence-electron chi connectivity index (χ3n) is 5.97. The molecule has 2 N–H and O–H groups in total. The number of aromatic nitrogens is 1. The molecule has 0 spiro atoms. The fourth-order valence-corrected chi connectivity index (χ4v) is 6.71. The molecule has 36 heavy (non-hydrogen) atoms. The molecule has 2 aromatic carbocycles. The molecule has 0 bridgehead atoms. The summed E-state index contributed by atoms with van der Waals surface area (Å²) in [6.07, 6.45) is 1.10. The van der Waals surface area contributed by atoms with Crippen LogP contribution in [-0.4, -0.2) is 58.0 Å². The predicted molar refractivity (Wildman–Crippen MR) is 142 cm³/mol. The Bertz CT molecular complexity index is 1360. The number of methoxy groups -OCH3 is 2. The van der Waals surface area contributed by atoms with Crippen molar-refractivity contribution in [1.82, 2.24) is 9.29 Å². The molecule has 1 aromatic heterocycles. The summed E-state index contributed by atoms with van der Waals surface area (Å²) in [6, 6.07) is 9.90. The van der Waals surface area contributed by atoms with Gasteiger partial charge < -0.3 is 20.1 Å². The highest BCUT2D eigenvalue weighted by Gasteiger charge is 2.35. The number of thiazole rings is 1. The average Bonchev–Trinajstić information content (AvgIpc) is 3.38. The summed E-state index contributed by atoms with van der Waals surface area (Å²) >= 11 is 7.54. The smallest absolute Gasteiger partial charge is 0.246 e. The number of nitrogens with zero attached hydrogens (tertiary/aromatic N) is 2. The van der Waals surface area contributed by atoms with Gasteiger partial charge in [-0.2, -0.15) is 4.31 Å². The summed E-state index contributed by atoms with van der Waals surface area (Å²) in [4.78, 5) is 17.8. The maximum absolute atomic E-state index is 13.4. The topological polar surface area (TPSA) is 110 Å². The number of carbonyl (C=O) groups excluding carboxylic acids is 1. The number of anilines is 2. The molecular weight excluding hydrogens is 524 g/mol. The lowest BCUT2D eigenvalue weighted by atomic mass is 9.98. The van der Waals surface area contributed by atoms with Gasteiger partial charge in [-0.25, -0.2) is 13.4 Å². The van der Waals surface area contributed by atoms with Gasteiger partial charge in [0, 0.05) is 36.1 Å². The first-order chi connectivity index (χ1) is 17.3.